The Balaban J connectivity index is 2.18. The number of halogens is 2. The molecule has 0 aliphatic heterocycles. The molecule has 2 rings (SSSR count). The van der Waals surface area contributed by atoms with Crippen LogP contribution in [0.3, 0.4) is 0 Å². The molecule has 0 saturated heterocycles. The monoisotopic (exact) mass is 509 g/mol. The number of anilines is 1. The van der Waals surface area contributed by atoms with E-state index in [1.807, 2.05) is 13.8 Å². The topological polar surface area (TPSA) is 86.8 Å². The first-order valence-electron chi connectivity index (χ1n) is 11.5. The van der Waals surface area contributed by atoms with Crippen molar-refractivity contribution in [2.75, 3.05) is 17.1 Å². The molecule has 1 N–H and O–H groups in total. The van der Waals surface area contributed by atoms with E-state index in [1.54, 1.807) is 25.1 Å². The van der Waals surface area contributed by atoms with Crippen LogP contribution >= 0.6 is 0 Å². The standard InChI is InChI=1S/C25H33F2N3O4S/c1-5-18(2)28-25(32)19(3)29(17-20-9-6-7-10-23(20)27)24(31)11-8-16-30(35(4,33)34)22-14-12-21(26)13-15-22/h6-7,9-10,12-15,18-19H,5,8,11,16-17H2,1-4H3,(H,28,32). The van der Waals surface area contributed by atoms with Crippen molar-refractivity contribution in [3.05, 3.63) is 65.7 Å². The van der Waals surface area contributed by atoms with Crippen molar-refractivity contribution in [3.8, 4) is 0 Å². The summed E-state index contributed by atoms with van der Waals surface area (Å²) in [5.41, 5.74) is 0.555. The molecule has 0 bridgehead atoms. The zero-order valence-corrected chi connectivity index (χ0v) is 21.3. The van der Waals surface area contributed by atoms with Crippen molar-refractivity contribution in [3.63, 3.8) is 0 Å². The number of hydrogen-bond acceptors (Lipinski definition) is 4. The summed E-state index contributed by atoms with van der Waals surface area (Å²) < 4.78 is 53.2. The lowest BCUT2D eigenvalue weighted by atomic mass is 10.1. The van der Waals surface area contributed by atoms with E-state index in [2.05, 4.69) is 5.32 Å². The molecule has 0 saturated carbocycles. The highest BCUT2D eigenvalue weighted by molar-refractivity contribution is 7.92. The number of sulfonamides is 1. The van der Waals surface area contributed by atoms with Crippen molar-refractivity contribution in [1.82, 2.24) is 10.2 Å². The Bertz CT molecular complexity index is 1110. The Hall–Kier alpha value is -3.01. The predicted molar refractivity (Wildman–Crippen MR) is 132 cm³/mol. The summed E-state index contributed by atoms with van der Waals surface area (Å²) in [6.45, 7) is 5.23. The minimum Gasteiger partial charge on any atom is -0.352 e. The average Bonchev–Trinajstić information content (AvgIpc) is 2.80. The van der Waals surface area contributed by atoms with Crippen molar-refractivity contribution in [1.29, 1.82) is 0 Å². The van der Waals surface area contributed by atoms with Gasteiger partial charge in [-0.15, -0.1) is 0 Å². The smallest absolute Gasteiger partial charge is 0.242 e. The Morgan fingerprint density at radius 3 is 2.23 bits per heavy atom. The quantitative estimate of drug-likeness (QED) is 0.471. The molecule has 0 radical (unpaired) electrons. The van der Waals surface area contributed by atoms with Gasteiger partial charge in [-0.1, -0.05) is 25.1 Å². The molecule has 35 heavy (non-hydrogen) atoms. The van der Waals surface area contributed by atoms with E-state index in [-0.39, 0.29) is 49.1 Å². The highest BCUT2D eigenvalue weighted by Crippen LogP contribution is 2.20. The lowest BCUT2D eigenvalue weighted by molar-refractivity contribution is -0.141. The molecule has 2 aromatic carbocycles. The SMILES string of the molecule is CCC(C)NC(=O)C(C)N(Cc1ccccc1F)C(=O)CCCN(c1ccc(F)cc1)S(C)(=O)=O. The Morgan fingerprint density at radius 1 is 1.03 bits per heavy atom. The summed E-state index contributed by atoms with van der Waals surface area (Å²) in [4.78, 5) is 27.2. The zero-order chi connectivity index (χ0) is 26.2. The Labute approximate surface area is 206 Å². The molecule has 2 unspecified atom stereocenters. The number of carbonyl (C=O) groups excluding carboxylic acids is 2. The third-order valence-electron chi connectivity index (χ3n) is 5.73. The average molecular weight is 510 g/mol. The summed E-state index contributed by atoms with van der Waals surface area (Å²) in [7, 11) is -3.68. The molecule has 0 aromatic heterocycles. The van der Waals surface area contributed by atoms with E-state index in [1.165, 1.54) is 23.1 Å². The summed E-state index contributed by atoms with van der Waals surface area (Å²) in [6, 6.07) is 10.1. The van der Waals surface area contributed by atoms with Gasteiger partial charge in [0.15, 0.2) is 0 Å². The van der Waals surface area contributed by atoms with Crippen LogP contribution in [0.2, 0.25) is 0 Å². The highest BCUT2D eigenvalue weighted by atomic mass is 32.2. The number of carbonyl (C=O) groups is 2. The molecule has 0 aliphatic carbocycles. The van der Waals surface area contributed by atoms with Crippen molar-refractivity contribution in [2.45, 2.75) is 58.7 Å². The van der Waals surface area contributed by atoms with E-state index >= 15 is 0 Å². The minimum absolute atomic E-state index is 0.0167. The first-order chi connectivity index (χ1) is 16.4. The van der Waals surface area contributed by atoms with Gasteiger partial charge in [0.1, 0.15) is 17.7 Å². The lowest BCUT2D eigenvalue weighted by Gasteiger charge is -2.30. The fourth-order valence-electron chi connectivity index (χ4n) is 3.47. The second kappa shape index (κ2) is 12.6. The molecule has 2 atom stereocenters. The number of nitrogens with one attached hydrogen (secondary N) is 1. The van der Waals surface area contributed by atoms with Crippen molar-refractivity contribution < 1.29 is 26.8 Å². The summed E-state index contributed by atoms with van der Waals surface area (Å²) in [5, 5.41) is 2.84. The molecule has 0 aliphatic rings. The van der Waals surface area contributed by atoms with Crippen molar-refractivity contribution in [2.24, 2.45) is 0 Å². The van der Waals surface area contributed by atoms with Gasteiger partial charge in [-0.3, -0.25) is 13.9 Å². The van der Waals surface area contributed by atoms with E-state index in [9.17, 15) is 26.8 Å². The van der Waals surface area contributed by atoms with Crippen LogP contribution in [0.5, 0.6) is 0 Å². The summed E-state index contributed by atoms with van der Waals surface area (Å²) in [6.07, 6.45) is 1.83. The molecule has 10 heteroatoms. The van der Waals surface area contributed by atoms with Gasteiger partial charge in [0.2, 0.25) is 21.8 Å². The van der Waals surface area contributed by atoms with Crippen LogP contribution in [0.4, 0.5) is 14.5 Å². The van der Waals surface area contributed by atoms with Crippen LogP contribution in [-0.4, -0.2) is 50.0 Å². The molecule has 0 spiro atoms. The Morgan fingerprint density at radius 2 is 1.66 bits per heavy atom. The molecule has 2 aromatic rings. The van der Waals surface area contributed by atoms with Gasteiger partial charge in [0.25, 0.3) is 0 Å². The van der Waals surface area contributed by atoms with Crippen LogP contribution in [0.15, 0.2) is 48.5 Å². The number of hydrogen-bond donors (Lipinski definition) is 1. The minimum atomic E-state index is -3.68. The van der Waals surface area contributed by atoms with Gasteiger partial charge in [-0.25, -0.2) is 17.2 Å². The van der Waals surface area contributed by atoms with Crippen LogP contribution in [-0.2, 0) is 26.2 Å². The number of benzene rings is 2. The third-order valence-corrected chi connectivity index (χ3v) is 6.93. The van der Waals surface area contributed by atoms with E-state index in [0.717, 1.165) is 22.7 Å². The van der Waals surface area contributed by atoms with Gasteiger partial charge >= 0.3 is 0 Å². The lowest BCUT2D eigenvalue weighted by Crippen LogP contribution is -2.49. The number of amides is 2. The van der Waals surface area contributed by atoms with E-state index in [0.29, 0.717) is 6.42 Å². The van der Waals surface area contributed by atoms with E-state index < -0.39 is 33.6 Å². The zero-order valence-electron chi connectivity index (χ0n) is 20.5. The van der Waals surface area contributed by atoms with Gasteiger partial charge in [-0.2, -0.15) is 0 Å². The molecule has 7 nitrogen and oxygen atoms in total. The van der Waals surface area contributed by atoms with Crippen molar-refractivity contribution >= 4 is 27.5 Å². The molecule has 192 valence electrons. The summed E-state index contributed by atoms with van der Waals surface area (Å²) >= 11 is 0. The fourth-order valence-corrected chi connectivity index (χ4v) is 4.43. The number of nitrogens with zero attached hydrogens (tertiary/aromatic N) is 2. The normalized spacial score (nSPS) is 13.1. The summed E-state index contributed by atoms with van der Waals surface area (Å²) in [5.74, 6) is -1.74. The Kier molecular flexibility index (Phi) is 10.2. The molecular weight excluding hydrogens is 476 g/mol. The van der Waals surface area contributed by atoms with Gasteiger partial charge in [0.05, 0.1) is 11.9 Å². The maximum Gasteiger partial charge on any atom is 0.242 e. The van der Waals surface area contributed by atoms with Gasteiger partial charge < -0.3 is 10.2 Å². The molecular formula is C25H33F2N3O4S. The highest BCUT2D eigenvalue weighted by Gasteiger charge is 2.28. The van der Waals surface area contributed by atoms with Gasteiger partial charge in [0, 0.05) is 31.1 Å². The second-order valence-electron chi connectivity index (χ2n) is 8.52. The maximum absolute atomic E-state index is 14.3. The maximum atomic E-state index is 14.3. The van der Waals surface area contributed by atoms with Gasteiger partial charge in [-0.05, 0) is 57.0 Å². The third kappa shape index (κ3) is 8.31. The van der Waals surface area contributed by atoms with Crippen LogP contribution in [0.25, 0.3) is 0 Å². The fraction of sp³-hybridized carbons (Fsp3) is 0.440. The molecule has 2 amide bonds. The molecule has 0 fully saturated rings. The first kappa shape index (κ1) is 28.2. The predicted octanol–water partition coefficient (Wildman–Crippen LogP) is 3.84. The second-order valence-corrected chi connectivity index (χ2v) is 10.4. The largest absolute Gasteiger partial charge is 0.352 e. The van der Waals surface area contributed by atoms with Crippen LogP contribution < -0.4 is 9.62 Å². The van der Waals surface area contributed by atoms with E-state index in [4.69, 9.17) is 0 Å². The first-order valence-corrected chi connectivity index (χ1v) is 13.3. The van der Waals surface area contributed by atoms with Crippen LogP contribution in [0.1, 0.15) is 45.6 Å². The number of rotatable bonds is 12. The van der Waals surface area contributed by atoms with Crippen LogP contribution in [0, 0.1) is 11.6 Å². The molecule has 0 heterocycles.